The Labute approximate surface area is 275 Å². The Hall–Kier alpha value is -2.84. The SMILES string of the molecule is COc1cc(C=Nc2sc3c(c2C(=O)Nc2ccc(Cl)cc2)CC[C@@H](C(C)(C)C)C3)cc(Br)c1OCc1ccc(Cl)cc1. The van der Waals surface area contributed by atoms with E-state index in [-0.39, 0.29) is 11.3 Å². The molecule has 5 rings (SSSR count). The Morgan fingerprint density at radius 3 is 2.42 bits per heavy atom. The van der Waals surface area contributed by atoms with Crippen LogP contribution in [-0.4, -0.2) is 19.2 Å². The van der Waals surface area contributed by atoms with E-state index in [2.05, 4.69) is 42.0 Å². The van der Waals surface area contributed by atoms with Gasteiger partial charge in [0, 0.05) is 26.8 Å². The van der Waals surface area contributed by atoms with Crippen molar-refractivity contribution in [2.45, 2.75) is 46.6 Å². The molecule has 0 aliphatic heterocycles. The first kappa shape index (κ1) is 31.6. The molecule has 0 bridgehead atoms. The van der Waals surface area contributed by atoms with Gasteiger partial charge < -0.3 is 14.8 Å². The second-order valence-electron chi connectivity index (χ2n) is 11.7. The van der Waals surface area contributed by atoms with Crippen molar-refractivity contribution in [3.05, 3.63) is 102 Å². The zero-order valence-electron chi connectivity index (χ0n) is 24.5. The standard InChI is InChI=1S/C34H33BrCl2N2O3S/c1-34(2,3)22-7-14-26-29(17-22)43-33(30(26)32(40)39-25-12-10-24(37)11-13-25)38-18-21-15-27(35)31(28(16-21)41-4)42-19-20-5-8-23(36)9-6-20/h5-6,8-13,15-16,18,22H,7,14,17,19H2,1-4H3,(H,39,40)/t22-/m1/s1. The van der Waals surface area contributed by atoms with Crippen LogP contribution in [0.3, 0.4) is 0 Å². The number of nitrogens with one attached hydrogen (secondary N) is 1. The second kappa shape index (κ2) is 13.4. The fraction of sp³-hybridized carbons (Fsp3) is 0.294. The molecule has 0 saturated heterocycles. The summed E-state index contributed by atoms with van der Waals surface area (Å²) in [5, 5.41) is 5.05. The first-order chi connectivity index (χ1) is 20.5. The summed E-state index contributed by atoms with van der Waals surface area (Å²) in [7, 11) is 1.61. The summed E-state index contributed by atoms with van der Waals surface area (Å²) in [4.78, 5) is 19.8. The minimum absolute atomic E-state index is 0.161. The van der Waals surface area contributed by atoms with Crippen LogP contribution in [0.25, 0.3) is 0 Å². The van der Waals surface area contributed by atoms with Crippen LogP contribution in [0, 0.1) is 11.3 Å². The topological polar surface area (TPSA) is 59.9 Å². The molecule has 1 amide bonds. The van der Waals surface area contributed by atoms with Crippen LogP contribution in [0.1, 0.15) is 59.1 Å². The van der Waals surface area contributed by atoms with Crippen LogP contribution < -0.4 is 14.8 Å². The minimum atomic E-state index is -0.161. The van der Waals surface area contributed by atoms with Crippen molar-refractivity contribution in [1.29, 1.82) is 0 Å². The van der Waals surface area contributed by atoms with Crippen LogP contribution in [0.15, 0.2) is 70.1 Å². The van der Waals surface area contributed by atoms with E-state index in [0.29, 0.717) is 50.3 Å². The number of carbonyl (C=O) groups excluding carboxylic acids is 1. The van der Waals surface area contributed by atoms with Gasteiger partial charge in [-0.2, -0.15) is 0 Å². The van der Waals surface area contributed by atoms with Crippen molar-refractivity contribution in [3.63, 3.8) is 0 Å². The third-order valence-corrected chi connectivity index (χ3v) is 9.94. The number of anilines is 1. The number of halogens is 3. The number of thiophene rings is 1. The van der Waals surface area contributed by atoms with E-state index in [1.165, 1.54) is 4.88 Å². The average molecular weight is 701 g/mol. The highest BCUT2D eigenvalue weighted by Gasteiger charge is 2.33. The third kappa shape index (κ3) is 7.63. The fourth-order valence-electron chi connectivity index (χ4n) is 5.19. The molecule has 1 N–H and O–H groups in total. The van der Waals surface area contributed by atoms with Gasteiger partial charge in [0.15, 0.2) is 11.5 Å². The van der Waals surface area contributed by atoms with Gasteiger partial charge in [0.05, 0.1) is 17.1 Å². The molecule has 1 aliphatic rings. The monoisotopic (exact) mass is 698 g/mol. The first-order valence-electron chi connectivity index (χ1n) is 14.0. The molecule has 43 heavy (non-hydrogen) atoms. The lowest BCUT2D eigenvalue weighted by atomic mass is 9.72. The van der Waals surface area contributed by atoms with Gasteiger partial charge in [0.1, 0.15) is 11.6 Å². The van der Waals surface area contributed by atoms with E-state index in [0.717, 1.165) is 40.4 Å². The second-order valence-corrected chi connectivity index (χ2v) is 14.5. The third-order valence-electron chi connectivity index (χ3n) is 7.68. The lowest BCUT2D eigenvalue weighted by Gasteiger charge is -2.33. The number of hydrogen-bond acceptors (Lipinski definition) is 5. The van der Waals surface area contributed by atoms with E-state index in [9.17, 15) is 4.79 Å². The summed E-state index contributed by atoms with van der Waals surface area (Å²) in [5.74, 6) is 1.55. The highest BCUT2D eigenvalue weighted by atomic mass is 79.9. The van der Waals surface area contributed by atoms with Crippen molar-refractivity contribution < 1.29 is 14.3 Å². The van der Waals surface area contributed by atoms with Gasteiger partial charge in [-0.25, -0.2) is 4.99 Å². The normalized spacial score (nSPS) is 14.9. The molecule has 1 heterocycles. The van der Waals surface area contributed by atoms with Crippen molar-refractivity contribution in [2.24, 2.45) is 16.3 Å². The maximum absolute atomic E-state index is 13.7. The summed E-state index contributed by atoms with van der Waals surface area (Å²) >= 11 is 17.3. The van der Waals surface area contributed by atoms with Gasteiger partial charge in [-0.05, 0) is 112 Å². The number of hydrogen-bond donors (Lipinski definition) is 1. The predicted molar refractivity (Wildman–Crippen MR) is 182 cm³/mol. The number of aliphatic imine (C=N–C) groups is 1. The van der Waals surface area contributed by atoms with E-state index in [1.54, 1.807) is 48.9 Å². The van der Waals surface area contributed by atoms with Crippen LogP contribution in [-0.2, 0) is 19.4 Å². The van der Waals surface area contributed by atoms with Crippen LogP contribution in [0.2, 0.25) is 10.0 Å². The number of methoxy groups -OCH3 is 1. The maximum atomic E-state index is 13.7. The highest BCUT2D eigenvalue weighted by Crippen LogP contribution is 2.45. The molecular weight excluding hydrogens is 667 g/mol. The smallest absolute Gasteiger partial charge is 0.259 e. The zero-order chi connectivity index (χ0) is 30.7. The molecule has 4 aromatic rings. The number of benzene rings is 3. The summed E-state index contributed by atoms with van der Waals surface area (Å²) in [5.41, 5.74) is 4.43. The Kier molecular flexibility index (Phi) is 9.86. The van der Waals surface area contributed by atoms with Crippen molar-refractivity contribution in [3.8, 4) is 11.5 Å². The number of amides is 1. The molecular formula is C34H33BrCl2N2O3S. The molecule has 0 fully saturated rings. The predicted octanol–water partition coefficient (Wildman–Crippen LogP) is 10.6. The molecule has 0 spiro atoms. The van der Waals surface area contributed by atoms with Crippen molar-refractivity contribution >= 4 is 73.3 Å². The van der Waals surface area contributed by atoms with Gasteiger partial charge in [-0.1, -0.05) is 56.1 Å². The molecule has 9 heteroatoms. The maximum Gasteiger partial charge on any atom is 0.259 e. The summed E-state index contributed by atoms with van der Waals surface area (Å²) < 4.78 is 12.5. The molecule has 0 saturated carbocycles. The van der Waals surface area contributed by atoms with E-state index >= 15 is 0 Å². The molecule has 3 aromatic carbocycles. The Balaban J connectivity index is 1.44. The Bertz CT molecular complexity index is 1640. The van der Waals surface area contributed by atoms with Gasteiger partial charge in [-0.3, -0.25) is 4.79 Å². The molecule has 5 nitrogen and oxygen atoms in total. The van der Waals surface area contributed by atoms with E-state index < -0.39 is 0 Å². The fourth-order valence-corrected chi connectivity index (χ4v) is 7.28. The number of rotatable bonds is 8. The van der Waals surface area contributed by atoms with Gasteiger partial charge in [0.25, 0.3) is 5.91 Å². The van der Waals surface area contributed by atoms with Crippen LogP contribution in [0.5, 0.6) is 11.5 Å². The largest absolute Gasteiger partial charge is 0.493 e. The lowest BCUT2D eigenvalue weighted by molar-refractivity contribution is 0.102. The molecule has 0 unspecified atom stereocenters. The quantitative estimate of drug-likeness (QED) is 0.186. The summed E-state index contributed by atoms with van der Waals surface area (Å²) in [6.07, 6.45) is 4.61. The molecule has 1 atom stereocenters. The zero-order valence-corrected chi connectivity index (χ0v) is 28.4. The molecule has 224 valence electrons. The Morgan fingerprint density at radius 1 is 1.09 bits per heavy atom. The van der Waals surface area contributed by atoms with Crippen LogP contribution >= 0.6 is 50.5 Å². The summed E-state index contributed by atoms with van der Waals surface area (Å²) in [6.45, 7) is 7.23. The highest BCUT2D eigenvalue weighted by molar-refractivity contribution is 9.10. The van der Waals surface area contributed by atoms with Crippen molar-refractivity contribution in [1.82, 2.24) is 0 Å². The van der Waals surface area contributed by atoms with Crippen molar-refractivity contribution in [2.75, 3.05) is 12.4 Å². The number of ether oxygens (including phenoxy) is 2. The average Bonchev–Trinajstić information content (AvgIpc) is 3.34. The van der Waals surface area contributed by atoms with E-state index in [4.69, 9.17) is 37.7 Å². The molecule has 0 radical (unpaired) electrons. The van der Waals surface area contributed by atoms with Gasteiger partial charge in [-0.15, -0.1) is 11.3 Å². The minimum Gasteiger partial charge on any atom is -0.493 e. The van der Waals surface area contributed by atoms with Gasteiger partial charge >= 0.3 is 0 Å². The van der Waals surface area contributed by atoms with E-state index in [1.807, 2.05) is 36.4 Å². The lowest BCUT2D eigenvalue weighted by Crippen LogP contribution is -2.27. The number of nitrogens with zero attached hydrogens (tertiary/aromatic N) is 1. The molecule has 1 aliphatic carbocycles. The number of fused-ring (bicyclic) bond motifs is 1. The van der Waals surface area contributed by atoms with Crippen LogP contribution in [0.4, 0.5) is 10.7 Å². The van der Waals surface area contributed by atoms with Gasteiger partial charge in [0.2, 0.25) is 0 Å². The Morgan fingerprint density at radius 2 is 1.77 bits per heavy atom. The first-order valence-corrected chi connectivity index (χ1v) is 16.4. The molecule has 1 aromatic heterocycles. The number of carbonyl (C=O) groups is 1. The summed E-state index contributed by atoms with van der Waals surface area (Å²) in [6, 6.07) is 18.5.